The second kappa shape index (κ2) is 8.18. The van der Waals surface area contributed by atoms with Gasteiger partial charge in [-0.25, -0.2) is 0 Å². The molecule has 21 heavy (non-hydrogen) atoms. The summed E-state index contributed by atoms with van der Waals surface area (Å²) in [6.07, 6.45) is 1.86. The molecule has 1 aromatic carbocycles. The van der Waals surface area contributed by atoms with Gasteiger partial charge in [-0.3, -0.25) is 4.79 Å². The van der Waals surface area contributed by atoms with E-state index in [1.165, 1.54) is 11.1 Å². The minimum atomic E-state index is -0.128. The summed E-state index contributed by atoms with van der Waals surface area (Å²) >= 11 is 0. The highest BCUT2D eigenvalue weighted by Gasteiger charge is 2.27. The van der Waals surface area contributed by atoms with Gasteiger partial charge in [0, 0.05) is 18.6 Å². The highest BCUT2D eigenvalue weighted by Crippen LogP contribution is 2.16. The molecule has 0 aliphatic rings. The van der Waals surface area contributed by atoms with Gasteiger partial charge in [0.05, 0.1) is 5.92 Å². The number of hydrogen-bond donors (Lipinski definition) is 1. The average Bonchev–Trinajstić information content (AvgIpc) is 2.47. The summed E-state index contributed by atoms with van der Waals surface area (Å²) in [5, 5.41) is 0. The molecule has 3 atom stereocenters. The summed E-state index contributed by atoms with van der Waals surface area (Å²) in [4.78, 5) is 14.6. The van der Waals surface area contributed by atoms with Crippen LogP contribution in [0, 0.1) is 12.8 Å². The van der Waals surface area contributed by atoms with E-state index < -0.39 is 0 Å². The fourth-order valence-electron chi connectivity index (χ4n) is 2.55. The number of aryl methyl sites for hydroxylation is 1. The monoisotopic (exact) mass is 290 g/mol. The maximum absolute atomic E-state index is 12.6. The van der Waals surface area contributed by atoms with Crippen LogP contribution in [-0.2, 0) is 11.2 Å². The fraction of sp³-hybridized carbons (Fsp3) is 0.611. The third-order valence-electron chi connectivity index (χ3n) is 4.31. The third-order valence-corrected chi connectivity index (χ3v) is 4.31. The quantitative estimate of drug-likeness (QED) is 0.838. The molecule has 3 heteroatoms. The Morgan fingerprint density at radius 2 is 1.76 bits per heavy atom. The first-order valence-electron chi connectivity index (χ1n) is 8.02. The molecule has 0 fully saturated rings. The molecule has 118 valence electrons. The van der Waals surface area contributed by atoms with Gasteiger partial charge in [-0.2, -0.15) is 0 Å². The van der Waals surface area contributed by atoms with Crippen LogP contribution in [0.3, 0.4) is 0 Å². The van der Waals surface area contributed by atoms with Crippen molar-refractivity contribution >= 4 is 5.91 Å². The van der Waals surface area contributed by atoms with Crippen LogP contribution in [0.25, 0.3) is 0 Å². The smallest absolute Gasteiger partial charge is 0.227 e. The van der Waals surface area contributed by atoms with E-state index in [1.807, 2.05) is 25.7 Å². The van der Waals surface area contributed by atoms with Gasteiger partial charge in [0.15, 0.2) is 0 Å². The number of carbonyl (C=O) groups is 1. The van der Waals surface area contributed by atoms with Crippen LogP contribution < -0.4 is 5.73 Å². The lowest BCUT2D eigenvalue weighted by Gasteiger charge is -2.33. The number of rotatable bonds is 7. The zero-order chi connectivity index (χ0) is 16.0. The Kier molecular flexibility index (Phi) is 6.90. The maximum Gasteiger partial charge on any atom is 0.227 e. The Morgan fingerprint density at radius 3 is 2.19 bits per heavy atom. The highest BCUT2D eigenvalue weighted by atomic mass is 16.2. The summed E-state index contributed by atoms with van der Waals surface area (Å²) < 4.78 is 0. The molecule has 0 bridgehead atoms. The first kappa shape index (κ1) is 17.7. The Balaban J connectivity index is 2.84. The van der Waals surface area contributed by atoms with Gasteiger partial charge in [-0.1, -0.05) is 43.7 Å². The van der Waals surface area contributed by atoms with Crippen molar-refractivity contribution < 1.29 is 4.79 Å². The van der Waals surface area contributed by atoms with Crippen molar-refractivity contribution in [3.63, 3.8) is 0 Å². The van der Waals surface area contributed by atoms with E-state index in [4.69, 9.17) is 5.73 Å². The number of amides is 1. The van der Waals surface area contributed by atoms with Crippen molar-refractivity contribution in [3.8, 4) is 0 Å². The van der Waals surface area contributed by atoms with Gasteiger partial charge >= 0.3 is 0 Å². The molecule has 0 saturated carbocycles. The van der Waals surface area contributed by atoms with Gasteiger partial charge in [-0.05, 0) is 39.2 Å². The lowest BCUT2D eigenvalue weighted by Crippen LogP contribution is -2.47. The first-order valence-corrected chi connectivity index (χ1v) is 8.02. The Labute approximate surface area is 129 Å². The number of likely N-dealkylation sites (N-methyl/N-ethyl adjacent to an activating group) is 1. The number of nitrogens with two attached hydrogens (primary N) is 1. The van der Waals surface area contributed by atoms with Crippen LogP contribution in [0.4, 0.5) is 0 Å². The largest absolute Gasteiger partial charge is 0.339 e. The molecule has 0 heterocycles. The van der Waals surface area contributed by atoms with Gasteiger partial charge in [0.2, 0.25) is 5.91 Å². The van der Waals surface area contributed by atoms with E-state index in [-0.39, 0.29) is 23.9 Å². The Morgan fingerprint density at radius 1 is 1.19 bits per heavy atom. The lowest BCUT2D eigenvalue weighted by atomic mass is 9.97. The van der Waals surface area contributed by atoms with Gasteiger partial charge < -0.3 is 10.6 Å². The molecule has 2 N–H and O–H groups in total. The standard InChI is InChI=1S/C18H30N2O/c1-6-17(12-16-10-8-13(3)9-11-16)20(7-2)18(21)14(4)15(5)19/h8-11,14-15,17H,6-7,12,19H2,1-5H3. The van der Waals surface area contributed by atoms with Gasteiger partial charge in [0.1, 0.15) is 0 Å². The number of benzene rings is 1. The summed E-state index contributed by atoms with van der Waals surface area (Å²) in [7, 11) is 0. The third kappa shape index (κ3) is 4.85. The first-order chi connectivity index (χ1) is 9.90. The second-order valence-electron chi connectivity index (χ2n) is 6.02. The molecule has 3 nitrogen and oxygen atoms in total. The van der Waals surface area contributed by atoms with E-state index in [1.54, 1.807) is 0 Å². The molecular formula is C18H30N2O. The predicted octanol–water partition coefficient (Wildman–Crippen LogP) is 3.15. The normalized spacial score (nSPS) is 15.3. The van der Waals surface area contributed by atoms with Gasteiger partial charge in [-0.15, -0.1) is 0 Å². The Hall–Kier alpha value is -1.35. The van der Waals surface area contributed by atoms with Crippen molar-refractivity contribution in [1.82, 2.24) is 4.90 Å². The maximum atomic E-state index is 12.6. The Bertz CT molecular complexity index is 439. The minimum absolute atomic E-state index is 0.108. The molecule has 1 rings (SSSR count). The lowest BCUT2D eigenvalue weighted by molar-refractivity contribution is -0.137. The van der Waals surface area contributed by atoms with Crippen LogP contribution in [0.15, 0.2) is 24.3 Å². The summed E-state index contributed by atoms with van der Waals surface area (Å²) in [5.41, 5.74) is 8.44. The minimum Gasteiger partial charge on any atom is -0.339 e. The van der Waals surface area contributed by atoms with Crippen LogP contribution in [0.5, 0.6) is 0 Å². The average molecular weight is 290 g/mol. The van der Waals surface area contributed by atoms with E-state index in [9.17, 15) is 4.79 Å². The highest BCUT2D eigenvalue weighted by molar-refractivity contribution is 5.79. The molecule has 0 aromatic heterocycles. The zero-order valence-corrected chi connectivity index (χ0v) is 14.1. The molecule has 0 spiro atoms. The van der Waals surface area contributed by atoms with Crippen molar-refractivity contribution in [3.05, 3.63) is 35.4 Å². The van der Waals surface area contributed by atoms with E-state index in [0.717, 1.165) is 19.4 Å². The van der Waals surface area contributed by atoms with E-state index >= 15 is 0 Å². The van der Waals surface area contributed by atoms with Crippen LogP contribution in [0.2, 0.25) is 0 Å². The van der Waals surface area contributed by atoms with E-state index in [2.05, 4.69) is 38.1 Å². The molecule has 0 radical (unpaired) electrons. The molecule has 3 unspecified atom stereocenters. The molecule has 0 aliphatic heterocycles. The van der Waals surface area contributed by atoms with Crippen molar-refractivity contribution in [2.75, 3.05) is 6.54 Å². The molecular weight excluding hydrogens is 260 g/mol. The van der Waals surface area contributed by atoms with Crippen molar-refractivity contribution in [1.29, 1.82) is 0 Å². The fourth-order valence-corrected chi connectivity index (χ4v) is 2.55. The summed E-state index contributed by atoms with van der Waals surface area (Å²) in [6.45, 7) is 10.8. The molecule has 0 aliphatic carbocycles. The summed E-state index contributed by atoms with van der Waals surface area (Å²) in [5.74, 6) is 0.0449. The number of hydrogen-bond acceptors (Lipinski definition) is 2. The van der Waals surface area contributed by atoms with Crippen LogP contribution in [-0.4, -0.2) is 29.4 Å². The molecule has 1 amide bonds. The molecule has 1 aromatic rings. The van der Waals surface area contributed by atoms with Gasteiger partial charge in [0.25, 0.3) is 0 Å². The predicted molar refractivity (Wildman–Crippen MR) is 89.2 cm³/mol. The zero-order valence-electron chi connectivity index (χ0n) is 14.1. The van der Waals surface area contributed by atoms with Crippen LogP contribution >= 0.6 is 0 Å². The van der Waals surface area contributed by atoms with Crippen molar-refractivity contribution in [2.24, 2.45) is 11.7 Å². The number of nitrogens with zero attached hydrogens (tertiary/aromatic N) is 1. The van der Waals surface area contributed by atoms with E-state index in [0.29, 0.717) is 0 Å². The molecule has 0 saturated heterocycles. The second-order valence-corrected chi connectivity index (χ2v) is 6.02. The summed E-state index contributed by atoms with van der Waals surface area (Å²) in [6, 6.07) is 8.71. The van der Waals surface area contributed by atoms with Crippen LogP contribution in [0.1, 0.15) is 45.2 Å². The topological polar surface area (TPSA) is 46.3 Å². The SMILES string of the molecule is CCC(Cc1ccc(C)cc1)N(CC)C(=O)C(C)C(C)N. The van der Waals surface area contributed by atoms with Crippen molar-refractivity contribution in [2.45, 2.75) is 59.5 Å². The number of carbonyl (C=O) groups excluding carboxylic acids is 1.